The van der Waals surface area contributed by atoms with Gasteiger partial charge in [-0.05, 0) is 0 Å². The number of hydrogen-bond acceptors (Lipinski definition) is 22. The fraction of sp³-hybridized carbons (Fsp3) is 0.962. The van der Waals surface area contributed by atoms with Crippen molar-refractivity contribution >= 4 is 5.97 Å². The molecule has 20 atom stereocenters. The maximum atomic E-state index is 12.4. The van der Waals surface area contributed by atoms with Crippen molar-refractivity contribution in [2.24, 2.45) is 0 Å². The Morgan fingerprint density at radius 1 is 0.653 bits per heavy atom. The van der Waals surface area contributed by atoms with Gasteiger partial charge in [0.25, 0.3) is 5.79 Å². The van der Waals surface area contributed by atoms with E-state index >= 15 is 0 Å². The topological polar surface area (TPSA) is 385 Å². The van der Waals surface area contributed by atoms with Crippen molar-refractivity contribution in [2.45, 2.75) is 129 Å². The molecule has 0 bridgehead atoms. The second-order valence-electron chi connectivity index (χ2n) is 12.1. The van der Waals surface area contributed by atoms with Gasteiger partial charge in [-0.15, -0.1) is 0 Å². The fourth-order valence-corrected chi connectivity index (χ4v) is 6.02. The Morgan fingerprint density at radius 2 is 1.18 bits per heavy atom. The molecular weight excluding hydrogens is 680 g/mol. The number of rotatable bonds is 12. The zero-order valence-corrected chi connectivity index (χ0v) is 25.5. The molecule has 4 aliphatic rings. The Hall–Kier alpha value is -1.37. The van der Waals surface area contributed by atoms with Crippen molar-refractivity contribution < 1.29 is 115 Å². The second kappa shape index (κ2) is 16.5. The molecule has 23 heteroatoms. The SMILES string of the molecule is O=C(O)[C@]1(O[C@H]2[C@@H](O)[C@@H](CO)O[C@@H](O[C@@H]3[C@H](O)[C@@H](O)[C@@H](O[C@@H]4[C@@H](O)[C@H](O)O[C@H](CO)[C@@H]4O)O[C@@H]3CO)[C@@H]2O)C[C@@H](O)[C@@H](O)[C@@H]([C@H](O)CO)O1. The van der Waals surface area contributed by atoms with Crippen LogP contribution in [0.2, 0.25) is 0 Å². The van der Waals surface area contributed by atoms with Gasteiger partial charge < -0.3 is 110 Å². The van der Waals surface area contributed by atoms with E-state index in [1.807, 2.05) is 0 Å². The van der Waals surface area contributed by atoms with Crippen LogP contribution in [0, 0.1) is 0 Å². The van der Waals surface area contributed by atoms with Crippen molar-refractivity contribution in [3.63, 3.8) is 0 Å². The number of hydrogen-bond donors (Lipinski definition) is 15. The molecule has 4 saturated heterocycles. The van der Waals surface area contributed by atoms with E-state index in [9.17, 15) is 81.4 Å². The van der Waals surface area contributed by atoms with Gasteiger partial charge >= 0.3 is 5.97 Å². The van der Waals surface area contributed by atoms with Crippen molar-refractivity contribution in [1.82, 2.24) is 0 Å². The van der Waals surface area contributed by atoms with Crippen LogP contribution in [0.15, 0.2) is 0 Å². The molecular formula is C26H44O23. The maximum Gasteiger partial charge on any atom is 0.364 e. The summed E-state index contributed by atoms with van der Waals surface area (Å²) in [7, 11) is 0. The third-order valence-corrected chi connectivity index (χ3v) is 8.82. The van der Waals surface area contributed by atoms with Gasteiger partial charge in [0.1, 0.15) is 91.6 Å². The minimum Gasteiger partial charge on any atom is -0.477 e. The minimum atomic E-state index is -3.00. The zero-order valence-electron chi connectivity index (χ0n) is 25.5. The first-order valence-corrected chi connectivity index (χ1v) is 15.2. The number of carbonyl (C=O) groups is 1. The Bertz CT molecular complexity index is 1070. The van der Waals surface area contributed by atoms with E-state index in [1.165, 1.54) is 0 Å². The molecule has 4 rings (SSSR count). The van der Waals surface area contributed by atoms with Crippen molar-refractivity contribution in [2.75, 3.05) is 26.4 Å². The molecule has 0 unspecified atom stereocenters. The Kier molecular flexibility index (Phi) is 13.6. The largest absolute Gasteiger partial charge is 0.477 e. The van der Waals surface area contributed by atoms with Crippen LogP contribution in [-0.2, 0) is 38.0 Å². The van der Waals surface area contributed by atoms with Gasteiger partial charge in [-0.2, -0.15) is 0 Å². The van der Waals surface area contributed by atoms with Gasteiger partial charge in [-0.3, -0.25) is 0 Å². The summed E-state index contributed by atoms with van der Waals surface area (Å²) in [6.45, 7) is -3.87. The Balaban J connectivity index is 1.54. The Labute approximate surface area is 276 Å². The number of aliphatic carboxylic acids is 1. The molecule has 4 aliphatic heterocycles. The Morgan fingerprint density at radius 3 is 1.76 bits per heavy atom. The lowest BCUT2D eigenvalue weighted by molar-refractivity contribution is -0.394. The van der Waals surface area contributed by atoms with Gasteiger partial charge in [0.15, 0.2) is 18.9 Å². The molecule has 23 nitrogen and oxygen atoms in total. The van der Waals surface area contributed by atoms with E-state index in [4.69, 9.17) is 33.2 Å². The minimum absolute atomic E-state index is 0.817. The summed E-state index contributed by atoms with van der Waals surface area (Å²) in [5, 5.41) is 154. The fourth-order valence-electron chi connectivity index (χ4n) is 6.02. The first kappa shape index (κ1) is 40.4. The van der Waals surface area contributed by atoms with E-state index in [1.54, 1.807) is 0 Å². The van der Waals surface area contributed by atoms with Crippen LogP contribution in [0.5, 0.6) is 0 Å². The third kappa shape index (κ3) is 8.02. The van der Waals surface area contributed by atoms with Gasteiger partial charge in [-0.1, -0.05) is 0 Å². The maximum absolute atomic E-state index is 12.4. The first-order chi connectivity index (χ1) is 23.0. The molecule has 15 N–H and O–H groups in total. The summed E-state index contributed by atoms with van der Waals surface area (Å²) in [5.74, 6) is -4.97. The van der Waals surface area contributed by atoms with Crippen molar-refractivity contribution in [1.29, 1.82) is 0 Å². The zero-order chi connectivity index (χ0) is 36.5. The lowest BCUT2D eigenvalue weighted by atomic mass is 9.91. The monoisotopic (exact) mass is 724 g/mol. The van der Waals surface area contributed by atoms with Gasteiger partial charge in [-0.25, -0.2) is 4.79 Å². The third-order valence-electron chi connectivity index (χ3n) is 8.82. The average Bonchev–Trinajstić information content (AvgIpc) is 3.07. The van der Waals surface area contributed by atoms with E-state index in [0.717, 1.165) is 0 Å². The highest BCUT2D eigenvalue weighted by Gasteiger charge is 2.59. The molecule has 0 aromatic carbocycles. The number of ether oxygens (including phenoxy) is 7. The second-order valence-corrected chi connectivity index (χ2v) is 12.1. The highest BCUT2D eigenvalue weighted by Crippen LogP contribution is 2.38. The van der Waals surface area contributed by atoms with Crippen LogP contribution in [0.25, 0.3) is 0 Å². The lowest BCUT2D eigenvalue weighted by Crippen LogP contribution is -2.69. The van der Waals surface area contributed by atoms with Gasteiger partial charge in [0.05, 0.1) is 32.5 Å². The molecule has 0 radical (unpaired) electrons. The average molecular weight is 725 g/mol. The van der Waals surface area contributed by atoms with Crippen LogP contribution in [-0.4, -0.2) is 231 Å². The molecule has 0 saturated carbocycles. The van der Waals surface area contributed by atoms with E-state index in [0.29, 0.717) is 0 Å². The molecule has 0 spiro atoms. The van der Waals surface area contributed by atoms with Gasteiger partial charge in [0.2, 0.25) is 0 Å². The summed E-state index contributed by atoms with van der Waals surface area (Å²) in [6.07, 6.45) is -37.5. The molecule has 0 aliphatic carbocycles. The van der Waals surface area contributed by atoms with E-state index in [2.05, 4.69) is 0 Å². The van der Waals surface area contributed by atoms with Crippen LogP contribution >= 0.6 is 0 Å². The summed E-state index contributed by atoms with van der Waals surface area (Å²) < 4.78 is 37.5. The van der Waals surface area contributed by atoms with Crippen molar-refractivity contribution in [3.05, 3.63) is 0 Å². The van der Waals surface area contributed by atoms with Crippen molar-refractivity contribution in [3.8, 4) is 0 Å². The molecule has 4 fully saturated rings. The summed E-state index contributed by atoms with van der Waals surface area (Å²) in [6, 6.07) is 0. The smallest absolute Gasteiger partial charge is 0.364 e. The van der Waals surface area contributed by atoms with Crippen LogP contribution in [0.3, 0.4) is 0 Å². The van der Waals surface area contributed by atoms with Crippen LogP contribution in [0.4, 0.5) is 0 Å². The van der Waals surface area contributed by atoms with E-state index in [-0.39, 0.29) is 0 Å². The molecule has 0 amide bonds. The normalized spacial score (nSPS) is 50.2. The molecule has 0 aromatic heterocycles. The number of carboxylic acids is 1. The van der Waals surface area contributed by atoms with Crippen LogP contribution < -0.4 is 0 Å². The molecule has 0 aromatic rings. The highest BCUT2D eigenvalue weighted by atomic mass is 16.8. The summed E-state index contributed by atoms with van der Waals surface area (Å²) >= 11 is 0. The quantitative estimate of drug-likeness (QED) is 0.0888. The number of carboxylic acid groups (broad SMARTS) is 1. The standard InChI is InChI=1S/C26H44O23/c27-2-7(32)18-11(33)6(31)1-26(48-18,25(41)42)49-21-13(35)9(4-29)44-24(17(21)39)46-19-10(5-30)45-23(15(37)14(19)36)47-20-12(34)8(3-28)43-22(40)16(20)38/h6-24,27-40H,1-5H2,(H,41,42)/t6-,7-,8-,9-,10-,11-,12+,13+,14-,15-,16-,17-,18-,19+,20+,21+,22-,23-,24+,26-/m1/s1. The number of aliphatic hydroxyl groups excluding tert-OH is 14. The predicted molar refractivity (Wildman–Crippen MR) is 145 cm³/mol. The molecule has 286 valence electrons. The summed E-state index contributed by atoms with van der Waals surface area (Å²) in [4.78, 5) is 12.4. The predicted octanol–water partition coefficient (Wildman–Crippen LogP) is -9.90. The number of aliphatic hydroxyl groups is 14. The van der Waals surface area contributed by atoms with Gasteiger partial charge in [0, 0.05) is 6.42 Å². The highest BCUT2D eigenvalue weighted by molar-refractivity contribution is 5.76. The lowest BCUT2D eigenvalue weighted by Gasteiger charge is -2.50. The van der Waals surface area contributed by atoms with E-state index < -0.39 is 161 Å². The van der Waals surface area contributed by atoms with Crippen LogP contribution in [0.1, 0.15) is 6.42 Å². The first-order valence-electron chi connectivity index (χ1n) is 15.2. The molecule has 49 heavy (non-hydrogen) atoms. The molecule has 4 heterocycles. The summed E-state index contributed by atoms with van der Waals surface area (Å²) in [5.41, 5.74) is 0.